The van der Waals surface area contributed by atoms with Gasteiger partial charge in [0.1, 0.15) is 0 Å². The van der Waals surface area contributed by atoms with Crippen molar-refractivity contribution in [2.24, 2.45) is 0 Å². The molecule has 0 heterocycles. The lowest BCUT2D eigenvalue weighted by Gasteiger charge is -2.41. The first-order valence-electron chi connectivity index (χ1n) is 9.60. The van der Waals surface area contributed by atoms with E-state index in [9.17, 15) is 4.79 Å². The van der Waals surface area contributed by atoms with Gasteiger partial charge in [-0.15, -0.1) is 0 Å². The van der Waals surface area contributed by atoms with Gasteiger partial charge >= 0.3 is 6.09 Å². The summed E-state index contributed by atoms with van der Waals surface area (Å²) in [5.74, 6) is 0. The zero-order valence-electron chi connectivity index (χ0n) is 17.5. The Morgan fingerprint density at radius 1 is 1.00 bits per heavy atom. The molecule has 0 saturated carbocycles. The third kappa shape index (κ3) is 7.27. The number of amides is 1. The van der Waals surface area contributed by atoms with Gasteiger partial charge in [-0.3, -0.25) is 0 Å². The fourth-order valence-electron chi connectivity index (χ4n) is 3.71. The molecule has 0 atom stereocenters. The Hall–Kier alpha value is -0.336. The Morgan fingerprint density at radius 2 is 1.50 bits per heavy atom. The van der Waals surface area contributed by atoms with E-state index in [4.69, 9.17) is 8.85 Å². The van der Waals surface area contributed by atoms with E-state index in [1.807, 2.05) is 0 Å². The Balaban J connectivity index is 4.47. The van der Waals surface area contributed by atoms with E-state index in [1.54, 1.807) is 0 Å². The summed E-state index contributed by atoms with van der Waals surface area (Å²) in [4.78, 5) is 12.4. The maximum atomic E-state index is 12.4. The van der Waals surface area contributed by atoms with Crippen LogP contribution in [0.1, 0.15) is 61.3 Å². The molecule has 1 N–H and O–H groups in total. The summed E-state index contributed by atoms with van der Waals surface area (Å²) in [7, 11) is -3.71. The lowest BCUT2D eigenvalue weighted by molar-refractivity contribution is 0.193. The van der Waals surface area contributed by atoms with E-state index in [-0.39, 0.29) is 6.09 Å². The third-order valence-electron chi connectivity index (χ3n) is 4.90. The molecule has 0 spiro atoms. The van der Waals surface area contributed by atoms with Crippen molar-refractivity contribution in [3.05, 3.63) is 0 Å². The lowest BCUT2D eigenvalue weighted by Crippen LogP contribution is -2.51. The number of hydrogen-bond acceptors (Lipinski definition) is 3. The minimum Gasteiger partial charge on any atom is -0.503 e. The van der Waals surface area contributed by atoms with E-state index < -0.39 is 16.6 Å². The molecular formula is C18H41NO3Si2. The second-order valence-corrected chi connectivity index (χ2v) is 18.0. The van der Waals surface area contributed by atoms with Crippen molar-refractivity contribution < 1.29 is 13.6 Å². The summed E-state index contributed by atoms with van der Waals surface area (Å²) in [6.07, 6.45) is 1.79. The Kier molecular flexibility index (Phi) is 10.5. The molecule has 0 bridgehead atoms. The van der Waals surface area contributed by atoms with Gasteiger partial charge in [-0.2, -0.15) is 0 Å². The van der Waals surface area contributed by atoms with Crippen LogP contribution in [0.5, 0.6) is 0 Å². The van der Waals surface area contributed by atoms with Crippen molar-refractivity contribution in [2.75, 3.05) is 13.2 Å². The van der Waals surface area contributed by atoms with E-state index >= 15 is 0 Å². The minimum atomic E-state index is -2.13. The SMILES string of the molecule is CCCO[Si](C)(C)CCCNC(=O)O[Si](C(C)C)(C(C)C)C(C)C. The average Bonchev–Trinajstić information content (AvgIpc) is 2.46. The van der Waals surface area contributed by atoms with Gasteiger partial charge in [-0.25, -0.2) is 4.79 Å². The van der Waals surface area contributed by atoms with Crippen LogP contribution in [0.4, 0.5) is 4.79 Å². The molecule has 0 aromatic rings. The molecule has 0 aliphatic heterocycles. The van der Waals surface area contributed by atoms with Gasteiger partial charge in [0, 0.05) is 13.2 Å². The summed E-state index contributed by atoms with van der Waals surface area (Å²) in [6.45, 7) is 21.3. The molecular weight excluding hydrogens is 334 g/mol. The number of rotatable bonds is 11. The highest BCUT2D eigenvalue weighted by Gasteiger charge is 2.48. The Labute approximate surface area is 152 Å². The van der Waals surface area contributed by atoms with E-state index in [2.05, 4.69) is 66.9 Å². The van der Waals surface area contributed by atoms with Gasteiger partial charge in [0.2, 0.25) is 0 Å². The first-order valence-corrected chi connectivity index (χ1v) is 14.9. The molecule has 0 aromatic carbocycles. The smallest absolute Gasteiger partial charge is 0.393 e. The molecule has 144 valence electrons. The van der Waals surface area contributed by atoms with Crippen LogP contribution in [-0.2, 0) is 8.85 Å². The maximum Gasteiger partial charge on any atom is 0.393 e. The molecule has 6 heteroatoms. The highest BCUT2D eigenvalue weighted by Crippen LogP contribution is 2.42. The largest absolute Gasteiger partial charge is 0.503 e. The molecule has 0 unspecified atom stereocenters. The Bertz CT molecular complexity index is 350. The summed E-state index contributed by atoms with van der Waals surface area (Å²) in [6, 6.07) is 1.06. The summed E-state index contributed by atoms with van der Waals surface area (Å²) in [5, 5.41) is 2.97. The molecule has 0 rings (SSSR count). The van der Waals surface area contributed by atoms with Crippen LogP contribution in [-0.4, -0.2) is 35.9 Å². The van der Waals surface area contributed by atoms with Gasteiger partial charge in [-0.1, -0.05) is 48.5 Å². The van der Waals surface area contributed by atoms with E-state index in [1.165, 1.54) is 0 Å². The van der Waals surface area contributed by atoms with Crippen molar-refractivity contribution in [3.63, 3.8) is 0 Å². The third-order valence-corrected chi connectivity index (χ3v) is 13.4. The standard InChI is InChI=1S/C18H41NO3Si2/c1-10-13-21-23(8,9)14-11-12-19-18(20)22-24(15(2)3,16(4)5)17(6)7/h15-17H,10-14H2,1-9H3,(H,19,20). The quantitative estimate of drug-likeness (QED) is 0.361. The highest BCUT2D eigenvalue weighted by atomic mass is 28.4. The zero-order chi connectivity index (χ0) is 19.0. The molecule has 0 radical (unpaired) electrons. The lowest BCUT2D eigenvalue weighted by atomic mass is 10.5. The van der Waals surface area contributed by atoms with Gasteiger partial charge < -0.3 is 14.2 Å². The normalized spacial score (nSPS) is 13.0. The fourth-order valence-corrected chi connectivity index (χ4v) is 10.7. The number of hydrogen-bond donors (Lipinski definition) is 1. The summed E-state index contributed by atoms with van der Waals surface area (Å²) < 4.78 is 12.1. The van der Waals surface area contributed by atoms with Crippen molar-refractivity contribution in [1.29, 1.82) is 0 Å². The topological polar surface area (TPSA) is 47.6 Å². The maximum absolute atomic E-state index is 12.4. The average molecular weight is 376 g/mol. The van der Waals surface area contributed by atoms with Crippen LogP contribution in [0.2, 0.25) is 35.8 Å². The number of nitrogens with one attached hydrogen (secondary N) is 1. The molecule has 0 aromatic heterocycles. The second-order valence-electron chi connectivity index (χ2n) is 8.35. The summed E-state index contributed by atoms with van der Waals surface area (Å²) in [5.41, 5.74) is 1.24. The minimum absolute atomic E-state index is 0.230. The zero-order valence-corrected chi connectivity index (χ0v) is 19.5. The predicted molar refractivity (Wildman–Crippen MR) is 109 cm³/mol. The van der Waals surface area contributed by atoms with Crippen LogP contribution >= 0.6 is 0 Å². The molecule has 0 fully saturated rings. The van der Waals surface area contributed by atoms with Gasteiger partial charge in [0.25, 0.3) is 8.32 Å². The highest BCUT2D eigenvalue weighted by molar-refractivity contribution is 6.78. The van der Waals surface area contributed by atoms with Crippen LogP contribution in [0.25, 0.3) is 0 Å². The van der Waals surface area contributed by atoms with Crippen molar-refractivity contribution in [3.8, 4) is 0 Å². The van der Waals surface area contributed by atoms with Crippen LogP contribution in [0.15, 0.2) is 0 Å². The fraction of sp³-hybridized carbons (Fsp3) is 0.944. The predicted octanol–water partition coefficient (Wildman–Crippen LogP) is 5.91. The van der Waals surface area contributed by atoms with Crippen LogP contribution in [0.3, 0.4) is 0 Å². The molecule has 0 saturated heterocycles. The Morgan fingerprint density at radius 3 is 1.92 bits per heavy atom. The van der Waals surface area contributed by atoms with E-state index in [0.717, 1.165) is 25.5 Å². The number of carbonyl (C=O) groups excluding carboxylic acids is 1. The van der Waals surface area contributed by atoms with Crippen molar-refractivity contribution >= 4 is 22.7 Å². The molecule has 24 heavy (non-hydrogen) atoms. The van der Waals surface area contributed by atoms with Gasteiger partial charge in [-0.05, 0) is 48.6 Å². The molecule has 0 aliphatic rings. The van der Waals surface area contributed by atoms with Crippen molar-refractivity contribution in [2.45, 2.75) is 97.1 Å². The van der Waals surface area contributed by atoms with E-state index in [0.29, 0.717) is 23.2 Å². The van der Waals surface area contributed by atoms with Crippen LogP contribution in [0, 0.1) is 0 Å². The first-order chi connectivity index (χ1) is 11.0. The molecule has 4 nitrogen and oxygen atoms in total. The first kappa shape index (κ1) is 23.7. The van der Waals surface area contributed by atoms with Gasteiger partial charge in [0.15, 0.2) is 8.32 Å². The summed E-state index contributed by atoms with van der Waals surface area (Å²) >= 11 is 0. The van der Waals surface area contributed by atoms with Crippen LogP contribution < -0.4 is 5.32 Å². The van der Waals surface area contributed by atoms with Crippen molar-refractivity contribution in [1.82, 2.24) is 5.32 Å². The second kappa shape index (κ2) is 10.6. The molecule has 1 amide bonds. The monoisotopic (exact) mass is 375 g/mol. The van der Waals surface area contributed by atoms with Gasteiger partial charge in [0.05, 0.1) is 0 Å². The number of carbonyl (C=O) groups is 1. The molecule has 0 aliphatic carbocycles.